The van der Waals surface area contributed by atoms with Gasteiger partial charge in [0.2, 0.25) is 11.9 Å². The van der Waals surface area contributed by atoms with Crippen LogP contribution >= 0.6 is 0 Å². The Morgan fingerprint density at radius 2 is 2.00 bits per heavy atom. The quantitative estimate of drug-likeness (QED) is 0.751. The first-order chi connectivity index (χ1) is 7.13. The molecule has 0 bridgehead atoms. The standard InChI is InChI=1S/C10H14N4O/c1-4-5-9(15)13-8-6-11-10(12-7-8)14(2)3/h4-7H,1-3H3,(H,13,15)/b5-4+. The predicted octanol–water partition coefficient (Wildman–Crippen LogP) is 1.06. The Morgan fingerprint density at radius 3 is 2.47 bits per heavy atom. The third kappa shape index (κ3) is 3.38. The molecule has 0 fully saturated rings. The van der Waals surface area contributed by atoms with Crippen molar-refractivity contribution in [2.75, 3.05) is 24.3 Å². The fourth-order valence-electron chi connectivity index (χ4n) is 0.952. The van der Waals surface area contributed by atoms with Crippen LogP contribution in [0, 0.1) is 0 Å². The van der Waals surface area contributed by atoms with E-state index in [1.165, 1.54) is 6.08 Å². The van der Waals surface area contributed by atoms with Crippen molar-refractivity contribution in [1.29, 1.82) is 0 Å². The molecule has 0 saturated carbocycles. The number of carbonyl (C=O) groups is 1. The fraction of sp³-hybridized carbons (Fsp3) is 0.300. The van der Waals surface area contributed by atoms with Crippen molar-refractivity contribution in [3.8, 4) is 0 Å². The summed E-state index contributed by atoms with van der Waals surface area (Å²) >= 11 is 0. The largest absolute Gasteiger partial charge is 0.347 e. The van der Waals surface area contributed by atoms with Crippen molar-refractivity contribution in [3.05, 3.63) is 24.5 Å². The van der Waals surface area contributed by atoms with Gasteiger partial charge >= 0.3 is 0 Å². The maximum absolute atomic E-state index is 11.2. The Morgan fingerprint density at radius 1 is 1.40 bits per heavy atom. The van der Waals surface area contributed by atoms with Crippen LogP contribution in [-0.2, 0) is 4.79 Å². The first-order valence-corrected chi connectivity index (χ1v) is 4.56. The zero-order valence-electron chi connectivity index (χ0n) is 9.06. The second-order valence-corrected chi connectivity index (χ2v) is 3.16. The molecule has 1 rings (SSSR count). The van der Waals surface area contributed by atoms with Crippen molar-refractivity contribution in [2.24, 2.45) is 0 Å². The van der Waals surface area contributed by atoms with E-state index in [2.05, 4.69) is 15.3 Å². The monoisotopic (exact) mass is 206 g/mol. The SMILES string of the molecule is C/C=C/C(=O)Nc1cnc(N(C)C)nc1. The van der Waals surface area contributed by atoms with Gasteiger partial charge in [0.1, 0.15) is 0 Å². The summed E-state index contributed by atoms with van der Waals surface area (Å²) in [4.78, 5) is 21.1. The number of hydrogen-bond donors (Lipinski definition) is 1. The number of aromatic nitrogens is 2. The number of amides is 1. The summed E-state index contributed by atoms with van der Waals surface area (Å²) in [5.41, 5.74) is 0.587. The Balaban J connectivity index is 2.68. The lowest BCUT2D eigenvalue weighted by Gasteiger charge is -2.09. The van der Waals surface area contributed by atoms with E-state index in [4.69, 9.17) is 0 Å². The van der Waals surface area contributed by atoms with Crippen molar-refractivity contribution in [1.82, 2.24) is 9.97 Å². The number of allylic oxidation sites excluding steroid dienone is 1. The van der Waals surface area contributed by atoms with Crippen LogP contribution in [0.3, 0.4) is 0 Å². The molecule has 0 saturated heterocycles. The summed E-state index contributed by atoms with van der Waals surface area (Å²) < 4.78 is 0. The molecule has 0 aliphatic heterocycles. The van der Waals surface area contributed by atoms with Gasteiger partial charge in [-0.3, -0.25) is 4.79 Å². The molecule has 1 amide bonds. The van der Waals surface area contributed by atoms with Crippen LogP contribution in [0.2, 0.25) is 0 Å². The third-order valence-electron chi connectivity index (χ3n) is 1.62. The lowest BCUT2D eigenvalue weighted by Crippen LogP contribution is -2.13. The molecule has 0 unspecified atom stereocenters. The van der Waals surface area contributed by atoms with Gasteiger partial charge in [0.05, 0.1) is 18.1 Å². The maximum atomic E-state index is 11.2. The average Bonchev–Trinajstić information content (AvgIpc) is 2.18. The van der Waals surface area contributed by atoms with Crippen molar-refractivity contribution >= 4 is 17.5 Å². The van der Waals surface area contributed by atoms with Crippen LogP contribution in [0.15, 0.2) is 24.5 Å². The van der Waals surface area contributed by atoms with E-state index < -0.39 is 0 Å². The lowest BCUT2D eigenvalue weighted by molar-refractivity contribution is -0.111. The van der Waals surface area contributed by atoms with Gasteiger partial charge in [0, 0.05) is 14.1 Å². The number of anilines is 2. The molecule has 0 aliphatic carbocycles. The van der Waals surface area contributed by atoms with Gasteiger partial charge in [-0.2, -0.15) is 0 Å². The maximum Gasteiger partial charge on any atom is 0.248 e. The van der Waals surface area contributed by atoms with Gasteiger partial charge in [-0.1, -0.05) is 6.08 Å². The molecule has 5 heteroatoms. The zero-order chi connectivity index (χ0) is 11.3. The topological polar surface area (TPSA) is 58.1 Å². The Hall–Kier alpha value is -1.91. The number of nitrogens with zero attached hydrogens (tertiary/aromatic N) is 3. The van der Waals surface area contributed by atoms with Gasteiger partial charge in [-0.15, -0.1) is 0 Å². The van der Waals surface area contributed by atoms with Gasteiger partial charge in [0.25, 0.3) is 0 Å². The van der Waals surface area contributed by atoms with E-state index in [-0.39, 0.29) is 5.91 Å². The van der Waals surface area contributed by atoms with E-state index in [0.29, 0.717) is 11.6 Å². The first kappa shape index (κ1) is 11.2. The highest BCUT2D eigenvalue weighted by molar-refractivity contribution is 5.98. The highest BCUT2D eigenvalue weighted by Crippen LogP contribution is 2.07. The molecule has 1 aromatic rings. The molecule has 1 heterocycles. The molecule has 0 aliphatic rings. The van der Waals surface area contributed by atoms with E-state index in [9.17, 15) is 4.79 Å². The third-order valence-corrected chi connectivity index (χ3v) is 1.62. The fourth-order valence-corrected chi connectivity index (χ4v) is 0.952. The normalized spacial score (nSPS) is 10.3. The van der Waals surface area contributed by atoms with Gasteiger partial charge in [0.15, 0.2) is 0 Å². The summed E-state index contributed by atoms with van der Waals surface area (Å²) in [5.74, 6) is 0.428. The van der Waals surface area contributed by atoms with Gasteiger partial charge in [-0.05, 0) is 13.0 Å². The van der Waals surface area contributed by atoms with E-state index >= 15 is 0 Å². The molecular formula is C10H14N4O. The minimum absolute atomic E-state index is 0.182. The minimum atomic E-state index is -0.182. The smallest absolute Gasteiger partial charge is 0.248 e. The number of rotatable bonds is 3. The molecule has 0 aromatic carbocycles. The van der Waals surface area contributed by atoms with Gasteiger partial charge < -0.3 is 10.2 Å². The Kier molecular flexibility index (Phi) is 3.79. The van der Waals surface area contributed by atoms with Crippen LogP contribution in [0.1, 0.15) is 6.92 Å². The highest BCUT2D eigenvalue weighted by Gasteiger charge is 2.00. The van der Waals surface area contributed by atoms with Crippen molar-refractivity contribution in [2.45, 2.75) is 6.92 Å². The first-order valence-electron chi connectivity index (χ1n) is 4.56. The zero-order valence-corrected chi connectivity index (χ0v) is 9.06. The lowest BCUT2D eigenvalue weighted by atomic mass is 10.4. The molecule has 0 atom stereocenters. The van der Waals surface area contributed by atoms with E-state index in [1.54, 1.807) is 30.3 Å². The summed E-state index contributed by atoms with van der Waals surface area (Å²) in [6.07, 6.45) is 6.26. The molecule has 0 spiro atoms. The van der Waals surface area contributed by atoms with Crippen LogP contribution in [0.5, 0.6) is 0 Å². The molecule has 1 N–H and O–H groups in total. The number of carbonyl (C=O) groups excluding carboxylic acids is 1. The molecule has 15 heavy (non-hydrogen) atoms. The Labute approximate surface area is 88.8 Å². The van der Waals surface area contributed by atoms with Gasteiger partial charge in [-0.25, -0.2) is 9.97 Å². The summed E-state index contributed by atoms with van der Waals surface area (Å²) in [7, 11) is 3.71. The molecule has 0 radical (unpaired) electrons. The van der Waals surface area contributed by atoms with Crippen LogP contribution < -0.4 is 10.2 Å². The number of hydrogen-bond acceptors (Lipinski definition) is 4. The molecule has 80 valence electrons. The predicted molar refractivity (Wildman–Crippen MR) is 59.8 cm³/mol. The van der Waals surface area contributed by atoms with Crippen LogP contribution in [0.25, 0.3) is 0 Å². The molecule has 1 aromatic heterocycles. The van der Waals surface area contributed by atoms with E-state index in [0.717, 1.165) is 0 Å². The van der Waals surface area contributed by atoms with E-state index in [1.807, 2.05) is 14.1 Å². The summed E-state index contributed by atoms with van der Waals surface area (Å²) in [6.45, 7) is 1.78. The van der Waals surface area contributed by atoms with Crippen molar-refractivity contribution < 1.29 is 4.79 Å². The summed E-state index contributed by atoms with van der Waals surface area (Å²) in [5, 5.41) is 2.64. The molecule has 5 nitrogen and oxygen atoms in total. The van der Waals surface area contributed by atoms with Crippen molar-refractivity contribution in [3.63, 3.8) is 0 Å². The van der Waals surface area contributed by atoms with Crippen LogP contribution in [0.4, 0.5) is 11.6 Å². The average molecular weight is 206 g/mol. The van der Waals surface area contributed by atoms with Crippen LogP contribution in [-0.4, -0.2) is 30.0 Å². The highest BCUT2D eigenvalue weighted by atomic mass is 16.1. The summed E-state index contributed by atoms with van der Waals surface area (Å²) in [6, 6.07) is 0. The number of nitrogens with one attached hydrogen (secondary N) is 1. The minimum Gasteiger partial charge on any atom is -0.347 e. The molecular weight excluding hydrogens is 192 g/mol. The Bertz CT molecular complexity index is 356. The second-order valence-electron chi connectivity index (χ2n) is 3.16. The second kappa shape index (κ2) is 5.09.